The van der Waals surface area contributed by atoms with Gasteiger partial charge in [0, 0.05) is 22.9 Å². The number of carbonyl (C=O) groups is 2. The Balaban J connectivity index is 1.68. The number of primary amides is 1. The minimum absolute atomic E-state index is 0.166. The van der Waals surface area contributed by atoms with Gasteiger partial charge >= 0.3 is 0 Å². The Morgan fingerprint density at radius 1 is 0.968 bits per heavy atom. The summed E-state index contributed by atoms with van der Waals surface area (Å²) in [6.45, 7) is 7.06. The lowest BCUT2D eigenvalue weighted by Gasteiger charge is -2.12. The molecule has 0 saturated heterocycles. The zero-order valence-corrected chi connectivity index (χ0v) is 17.6. The number of Topliss-reactive ketones (excluding diaryl/α,β-unsaturated/α-hetero) is 1. The molecule has 1 aromatic carbocycles. The van der Waals surface area contributed by atoms with Crippen molar-refractivity contribution in [2.75, 3.05) is 0 Å². The van der Waals surface area contributed by atoms with Gasteiger partial charge in [-0.3, -0.25) is 24.5 Å². The van der Waals surface area contributed by atoms with E-state index in [0.717, 1.165) is 11.1 Å². The molecule has 0 unspecified atom stereocenters. The summed E-state index contributed by atoms with van der Waals surface area (Å²) in [5.74, 6) is -0.707. The predicted octanol–water partition coefficient (Wildman–Crippen LogP) is 3.00. The van der Waals surface area contributed by atoms with Crippen LogP contribution in [0.3, 0.4) is 0 Å². The maximum atomic E-state index is 12.5. The van der Waals surface area contributed by atoms with E-state index in [1.807, 2.05) is 25.1 Å². The van der Waals surface area contributed by atoms with Crippen LogP contribution in [-0.2, 0) is 9.63 Å². The van der Waals surface area contributed by atoms with Crippen molar-refractivity contribution < 1.29 is 14.4 Å². The largest absolute Gasteiger partial charge is 0.381 e. The summed E-state index contributed by atoms with van der Waals surface area (Å²) < 4.78 is 0. The van der Waals surface area contributed by atoms with Crippen LogP contribution >= 0.6 is 0 Å². The monoisotopic (exact) mass is 415 g/mol. The predicted molar refractivity (Wildman–Crippen MR) is 115 cm³/mol. The molecule has 0 fully saturated rings. The molecule has 0 radical (unpaired) electrons. The maximum Gasteiger partial charge on any atom is 0.250 e. The Kier molecular flexibility index (Phi) is 4.85. The summed E-state index contributed by atoms with van der Waals surface area (Å²) in [5.41, 5.74) is 9.98. The van der Waals surface area contributed by atoms with Crippen molar-refractivity contribution in [2.24, 2.45) is 10.9 Å². The van der Waals surface area contributed by atoms with Gasteiger partial charge in [0.15, 0.2) is 11.3 Å². The van der Waals surface area contributed by atoms with Crippen molar-refractivity contribution in [3.8, 4) is 22.5 Å². The fourth-order valence-electron chi connectivity index (χ4n) is 3.30. The quantitative estimate of drug-likeness (QED) is 0.699. The Bertz CT molecular complexity index is 1250. The van der Waals surface area contributed by atoms with Crippen LogP contribution in [0.15, 0.2) is 48.0 Å². The number of amides is 1. The molecule has 2 aromatic heterocycles. The molecule has 31 heavy (non-hydrogen) atoms. The van der Waals surface area contributed by atoms with Gasteiger partial charge < -0.3 is 10.6 Å². The minimum atomic E-state index is -0.965. The number of aromatic nitrogens is 3. The highest BCUT2D eigenvalue weighted by Crippen LogP contribution is 2.28. The van der Waals surface area contributed by atoms with Gasteiger partial charge in [-0.2, -0.15) is 0 Å². The molecule has 1 aliphatic heterocycles. The van der Waals surface area contributed by atoms with Crippen LogP contribution in [0.1, 0.15) is 41.0 Å². The number of nitrogens with zero attached hydrogens (tertiary/aromatic N) is 4. The van der Waals surface area contributed by atoms with Crippen LogP contribution < -0.4 is 5.73 Å². The average molecular weight is 415 g/mol. The molecule has 1 aliphatic rings. The lowest BCUT2D eigenvalue weighted by molar-refractivity contribution is -0.128. The molecular weight excluding hydrogens is 394 g/mol. The number of oxime groups is 1. The molecule has 0 atom stereocenters. The first-order chi connectivity index (χ1) is 14.7. The number of carbonyl (C=O) groups excluding carboxylic acids is 2. The first-order valence-corrected chi connectivity index (χ1v) is 9.68. The Labute approximate surface area is 179 Å². The second-order valence-electron chi connectivity index (χ2n) is 7.91. The zero-order chi connectivity index (χ0) is 22.3. The molecule has 8 nitrogen and oxygen atoms in total. The third-order valence-electron chi connectivity index (χ3n) is 5.21. The third-order valence-corrected chi connectivity index (χ3v) is 5.21. The summed E-state index contributed by atoms with van der Waals surface area (Å²) >= 11 is 0. The van der Waals surface area contributed by atoms with Crippen LogP contribution in [0.25, 0.3) is 22.5 Å². The van der Waals surface area contributed by atoms with Crippen molar-refractivity contribution in [3.63, 3.8) is 0 Å². The van der Waals surface area contributed by atoms with E-state index in [-0.39, 0.29) is 5.78 Å². The van der Waals surface area contributed by atoms with E-state index in [2.05, 4.69) is 20.1 Å². The fraction of sp³-hybridized carbons (Fsp3) is 0.217. The van der Waals surface area contributed by atoms with Gasteiger partial charge in [0.2, 0.25) is 5.78 Å². The van der Waals surface area contributed by atoms with Crippen molar-refractivity contribution in [3.05, 3.63) is 65.2 Å². The van der Waals surface area contributed by atoms with E-state index in [1.54, 1.807) is 45.4 Å². The Hall–Kier alpha value is -3.94. The lowest BCUT2D eigenvalue weighted by Crippen LogP contribution is -2.33. The molecule has 1 amide bonds. The first kappa shape index (κ1) is 20.3. The number of nitrogens with two attached hydrogens (primary N) is 1. The summed E-state index contributed by atoms with van der Waals surface area (Å²) in [6.07, 6.45) is 4.88. The lowest BCUT2D eigenvalue weighted by atomic mass is 9.93. The number of pyridine rings is 1. The molecule has 8 heteroatoms. The molecule has 0 aliphatic carbocycles. The van der Waals surface area contributed by atoms with Gasteiger partial charge in [0.05, 0.1) is 35.0 Å². The standard InChI is InChI=1S/C23H21N5O3/c1-12-5-6-14(20-21(29)23(3,4)31-28-20)7-16(12)19-11-26-18(10-27-19)15-8-17(22(24)30)13(2)25-9-15/h5-11H,1-4H3,(H2,24,30). The smallest absolute Gasteiger partial charge is 0.250 e. The summed E-state index contributed by atoms with van der Waals surface area (Å²) in [6, 6.07) is 7.26. The van der Waals surface area contributed by atoms with Crippen molar-refractivity contribution in [2.45, 2.75) is 33.3 Å². The van der Waals surface area contributed by atoms with Crippen LogP contribution in [-0.4, -0.2) is 38.0 Å². The zero-order valence-electron chi connectivity index (χ0n) is 17.6. The van der Waals surface area contributed by atoms with Gasteiger partial charge in [-0.15, -0.1) is 0 Å². The summed E-state index contributed by atoms with van der Waals surface area (Å²) in [7, 11) is 0. The average Bonchev–Trinajstić information content (AvgIpc) is 3.01. The third kappa shape index (κ3) is 3.68. The van der Waals surface area contributed by atoms with Crippen LogP contribution in [0.4, 0.5) is 0 Å². The van der Waals surface area contributed by atoms with E-state index >= 15 is 0 Å². The molecule has 156 valence electrons. The first-order valence-electron chi connectivity index (χ1n) is 9.68. The van der Waals surface area contributed by atoms with Crippen molar-refractivity contribution >= 4 is 17.4 Å². The molecule has 2 N–H and O–H groups in total. The molecule has 4 rings (SSSR count). The second kappa shape index (κ2) is 7.39. The van der Waals surface area contributed by atoms with Gasteiger partial charge in [-0.05, 0) is 45.4 Å². The minimum Gasteiger partial charge on any atom is -0.381 e. The molecule has 3 heterocycles. The summed E-state index contributed by atoms with van der Waals surface area (Å²) in [4.78, 5) is 42.6. The Morgan fingerprint density at radius 3 is 2.29 bits per heavy atom. The molecule has 0 spiro atoms. The van der Waals surface area contributed by atoms with Crippen LogP contribution in [0.5, 0.6) is 0 Å². The van der Waals surface area contributed by atoms with Gasteiger partial charge in [0.1, 0.15) is 0 Å². The highest BCUT2D eigenvalue weighted by molar-refractivity contribution is 6.49. The normalized spacial score (nSPS) is 14.8. The fourth-order valence-corrected chi connectivity index (χ4v) is 3.30. The van der Waals surface area contributed by atoms with E-state index in [0.29, 0.717) is 39.5 Å². The molecular formula is C23H21N5O3. The number of ketones is 1. The van der Waals surface area contributed by atoms with Crippen LogP contribution in [0.2, 0.25) is 0 Å². The van der Waals surface area contributed by atoms with Gasteiger partial charge in [0.25, 0.3) is 5.91 Å². The topological polar surface area (TPSA) is 120 Å². The van der Waals surface area contributed by atoms with Gasteiger partial charge in [-0.25, -0.2) is 0 Å². The highest BCUT2D eigenvalue weighted by Gasteiger charge is 2.40. The van der Waals surface area contributed by atoms with E-state index in [9.17, 15) is 9.59 Å². The van der Waals surface area contributed by atoms with Crippen LogP contribution in [0, 0.1) is 13.8 Å². The molecule has 3 aromatic rings. The molecule has 0 saturated carbocycles. The van der Waals surface area contributed by atoms with Crippen molar-refractivity contribution in [1.82, 2.24) is 15.0 Å². The SMILES string of the molecule is Cc1ccc(C2=NOC(C)(C)C2=O)cc1-c1cnc(-c2cnc(C)c(C(N)=O)c2)cn1. The summed E-state index contributed by atoms with van der Waals surface area (Å²) in [5, 5.41) is 3.97. The molecule has 0 bridgehead atoms. The number of hydrogen-bond acceptors (Lipinski definition) is 7. The Morgan fingerprint density at radius 2 is 1.68 bits per heavy atom. The van der Waals surface area contributed by atoms with E-state index in [1.165, 1.54) is 0 Å². The number of benzene rings is 1. The maximum absolute atomic E-state index is 12.5. The van der Waals surface area contributed by atoms with E-state index < -0.39 is 11.5 Å². The highest BCUT2D eigenvalue weighted by atomic mass is 16.7. The number of aryl methyl sites for hydroxylation is 2. The number of rotatable bonds is 4. The van der Waals surface area contributed by atoms with Gasteiger partial charge in [-0.1, -0.05) is 17.3 Å². The second-order valence-corrected chi connectivity index (χ2v) is 7.91. The van der Waals surface area contributed by atoms with E-state index in [4.69, 9.17) is 10.6 Å². The van der Waals surface area contributed by atoms with Crippen molar-refractivity contribution in [1.29, 1.82) is 0 Å². The number of hydrogen-bond donors (Lipinski definition) is 1.